The Morgan fingerprint density at radius 3 is 2.65 bits per heavy atom. The van der Waals surface area contributed by atoms with Gasteiger partial charge in [0.25, 0.3) is 5.91 Å². The maximum atomic E-state index is 13.1. The van der Waals surface area contributed by atoms with Gasteiger partial charge in [0.15, 0.2) is 0 Å². The van der Waals surface area contributed by atoms with Crippen LogP contribution in [0, 0.1) is 0 Å². The Morgan fingerprint density at radius 2 is 1.90 bits per heavy atom. The van der Waals surface area contributed by atoms with E-state index in [1.54, 1.807) is 30.5 Å². The minimum Gasteiger partial charge on any atom is -0.487 e. The van der Waals surface area contributed by atoms with Gasteiger partial charge in [-0.1, -0.05) is 35.9 Å². The van der Waals surface area contributed by atoms with E-state index in [0.29, 0.717) is 41.3 Å². The fraction of sp³-hybridized carbons (Fsp3) is 0.208. The lowest BCUT2D eigenvalue weighted by atomic mass is 10.0. The minimum atomic E-state index is -0.979. The normalized spacial score (nSPS) is 15.6. The van der Waals surface area contributed by atoms with Crippen LogP contribution >= 0.6 is 11.6 Å². The first-order chi connectivity index (χ1) is 15.0. The fourth-order valence-corrected chi connectivity index (χ4v) is 3.98. The predicted octanol–water partition coefficient (Wildman–Crippen LogP) is 4.67. The van der Waals surface area contributed by atoms with Crippen molar-refractivity contribution in [2.24, 2.45) is 0 Å². The third-order valence-electron chi connectivity index (χ3n) is 5.29. The number of halogens is 1. The number of likely N-dealkylation sites (tertiary alicyclic amines) is 1. The van der Waals surface area contributed by atoms with Crippen LogP contribution in [0.25, 0.3) is 11.1 Å². The van der Waals surface area contributed by atoms with Crippen LogP contribution in [-0.4, -0.2) is 39.5 Å². The molecule has 0 bridgehead atoms. The van der Waals surface area contributed by atoms with Crippen molar-refractivity contribution in [3.63, 3.8) is 0 Å². The smallest absolute Gasteiger partial charge is 0.326 e. The van der Waals surface area contributed by atoms with Crippen molar-refractivity contribution in [2.45, 2.75) is 25.5 Å². The lowest BCUT2D eigenvalue weighted by molar-refractivity contribution is -0.141. The molecule has 0 radical (unpaired) electrons. The Morgan fingerprint density at radius 1 is 1.10 bits per heavy atom. The predicted molar refractivity (Wildman–Crippen MR) is 117 cm³/mol. The average molecular weight is 437 g/mol. The molecule has 2 heterocycles. The fourth-order valence-electron chi connectivity index (χ4n) is 3.75. The Balaban J connectivity index is 1.69. The number of ether oxygens (including phenoxy) is 1. The molecule has 6 nitrogen and oxygen atoms in total. The largest absolute Gasteiger partial charge is 0.487 e. The number of benzene rings is 2. The van der Waals surface area contributed by atoms with Gasteiger partial charge in [0.05, 0.1) is 5.69 Å². The number of nitrogens with zero attached hydrogens (tertiary/aromatic N) is 2. The summed E-state index contributed by atoms with van der Waals surface area (Å²) in [6, 6.07) is 17.2. The van der Waals surface area contributed by atoms with E-state index >= 15 is 0 Å². The zero-order valence-electron chi connectivity index (χ0n) is 16.7. The van der Waals surface area contributed by atoms with Crippen LogP contribution in [0.2, 0.25) is 5.02 Å². The first-order valence-corrected chi connectivity index (χ1v) is 10.4. The molecular weight excluding hydrogens is 416 g/mol. The molecule has 0 saturated carbocycles. The molecule has 4 rings (SSSR count). The number of carbonyl (C=O) groups is 2. The zero-order chi connectivity index (χ0) is 21.8. The number of carboxylic acids is 1. The van der Waals surface area contributed by atoms with Crippen molar-refractivity contribution in [2.75, 3.05) is 6.54 Å². The lowest BCUT2D eigenvalue weighted by Crippen LogP contribution is -2.40. The summed E-state index contributed by atoms with van der Waals surface area (Å²) in [5, 5.41) is 9.96. The van der Waals surface area contributed by atoms with E-state index in [1.165, 1.54) is 4.90 Å². The van der Waals surface area contributed by atoms with Crippen LogP contribution in [0.3, 0.4) is 0 Å². The number of carboxylic acid groups (broad SMARTS) is 1. The van der Waals surface area contributed by atoms with E-state index in [4.69, 9.17) is 16.3 Å². The quantitative estimate of drug-likeness (QED) is 0.607. The van der Waals surface area contributed by atoms with Crippen molar-refractivity contribution in [1.29, 1.82) is 0 Å². The monoisotopic (exact) mass is 436 g/mol. The van der Waals surface area contributed by atoms with Crippen molar-refractivity contribution in [3.05, 3.63) is 83.1 Å². The number of pyridine rings is 1. The van der Waals surface area contributed by atoms with E-state index in [2.05, 4.69) is 4.98 Å². The molecule has 1 aliphatic rings. The maximum absolute atomic E-state index is 13.1. The highest BCUT2D eigenvalue weighted by Gasteiger charge is 2.34. The number of amides is 1. The van der Waals surface area contributed by atoms with E-state index < -0.39 is 12.0 Å². The second-order valence-corrected chi connectivity index (χ2v) is 7.70. The van der Waals surface area contributed by atoms with Crippen molar-refractivity contribution < 1.29 is 19.4 Å². The maximum Gasteiger partial charge on any atom is 0.326 e. The summed E-state index contributed by atoms with van der Waals surface area (Å²) in [7, 11) is 0. The van der Waals surface area contributed by atoms with Crippen molar-refractivity contribution >= 4 is 23.5 Å². The molecule has 1 N–H and O–H groups in total. The third kappa shape index (κ3) is 4.54. The standard InChI is InChI=1S/C24H21ClN2O4/c25-20-8-2-1-7-18(20)19-14-16(23(28)27-13-5-9-21(27)24(29)30)10-11-22(19)31-15-17-6-3-4-12-26-17/h1-4,6-8,10-12,14,21H,5,9,13,15H2,(H,29,30). The van der Waals surface area contributed by atoms with Crippen LogP contribution < -0.4 is 4.74 Å². The van der Waals surface area contributed by atoms with Gasteiger partial charge in [0.2, 0.25) is 0 Å². The number of aliphatic carboxylic acids is 1. The van der Waals surface area contributed by atoms with Crippen molar-refractivity contribution in [1.82, 2.24) is 9.88 Å². The van der Waals surface area contributed by atoms with Crippen LogP contribution in [0.5, 0.6) is 5.75 Å². The molecule has 1 saturated heterocycles. The van der Waals surface area contributed by atoms with Gasteiger partial charge in [0.1, 0.15) is 18.4 Å². The Hall–Kier alpha value is -3.38. The van der Waals surface area contributed by atoms with Gasteiger partial charge >= 0.3 is 5.97 Å². The van der Waals surface area contributed by atoms with E-state index in [1.807, 2.05) is 36.4 Å². The molecular formula is C24H21ClN2O4. The second kappa shape index (κ2) is 9.18. The van der Waals surface area contributed by atoms with Gasteiger partial charge in [0, 0.05) is 34.5 Å². The van der Waals surface area contributed by atoms with Crippen LogP contribution in [0.4, 0.5) is 0 Å². The van der Waals surface area contributed by atoms with Crippen LogP contribution in [0.1, 0.15) is 28.9 Å². The topological polar surface area (TPSA) is 79.7 Å². The van der Waals surface area contributed by atoms with Gasteiger partial charge < -0.3 is 14.7 Å². The number of aromatic nitrogens is 1. The highest BCUT2D eigenvalue weighted by molar-refractivity contribution is 6.33. The molecule has 1 aliphatic heterocycles. The molecule has 1 aromatic heterocycles. The van der Waals surface area contributed by atoms with E-state index in [9.17, 15) is 14.7 Å². The molecule has 3 aromatic rings. The summed E-state index contributed by atoms with van der Waals surface area (Å²) < 4.78 is 6.01. The molecule has 1 fully saturated rings. The molecule has 2 aromatic carbocycles. The Kier molecular flexibility index (Phi) is 6.18. The number of rotatable bonds is 6. The van der Waals surface area contributed by atoms with E-state index in [-0.39, 0.29) is 12.5 Å². The average Bonchev–Trinajstić information content (AvgIpc) is 3.29. The highest BCUT2D eigenvalue weighted by Crippen LogP contribution is 2.36. The molecule has 0 aliphatic carbocycles. The number of hydrogen-bond acceptors (Lipinski definition) is 4. The molecule has 1 atom stereocenters. The molecule has 0 spiro atoms. The molecule has 31 heavy (non-hydrogen) atoms. The van der Waals surface area contributed by atoms with Gasteiger partial charge in [-0.05, 0) is 49.2 Å². The summed E-state index contributed by atoms with van der Waals surface area (Å²) in [5.41, 5.74) is 2.56. The molecule has 7 heteroatoms. The van der Waals surface area contributed by atoms with Crippen LogP contribution in [0.15, 0.2) is 66.9 Å². The zero-order valence-corrected chi connectivity index (χ0v) is 17.5. The summed E-state index contributed by atoms with van der Waals surface area (Å²) in [6.07, 6.45) is 2.83. The van der Waals surface area contributed by atoms with Gasteiger partial charge in [-0.3, -0.25) is 9.78 Å². The van der Waals surface area contributed by atoms with Crippen LogP contribution in [-0.2, 0) is 11.4 Å². The number of hydrogen-bond donors (Lipinski definition) is 1. The van der Waals surface area contributed by atoms with Gasteiger partial charge in [-0.2, -0.15) is 0 Å². The Labute approximate surface area is 185 Å². The Bertz CT molecular complexity index is 1100. The molecule has 158 valence electrons. The second-order valence-electron chi connectivity index (χ2n) is 7.30. The van der Waals surface area contributed by atoms with Gasteiger partial charge in [-0.25, -0.2) is 4.79 Å². The summed E-state index contributed by atoms with van der Waals surface area (Å²) in [5.74, 6) is -0.728. The minimum absolute atomic E-state index is 0.263. The third-order valence-corrected chi connectivity index (χ3v) is 5.62. The highest BCUT2D eigenvalue weighted by atomic mass is 35.5. The number of carbonyl (C=O) groups excluding carboxylic acids is 1. The molecule has 1 unspecified atom stereocenters. The van der Waals surface area contributed by atoms with Gasteiger partial charge in [-0.15, -0.1) is 0 Å². The summed E-state index contributed by atoms with van der Waals surface area (Å²) >= 11 is 6.43. The lowest BCUT2D eigenvalue weighted by Gasteiger charge is -2.22. The molecule has 1 amide bonds. The SMILES string of the molecule is O=C(O)C1CCCN1C(=O)c1ccc(OCc2ccccn2)c(-c2ccccc2Cl)c1. The first kappa shape index (κ1) is 20.9. The summed E-state index contributed by atoms with van der Waals surface area (Å²) in [4.78, 5) is 30.3. The van der Waals surface area contributed by atoms with E-state index in [0.717, 1.165) is 11.3 Å². The summed E-state index contributed by atoms with van der Waals surface area (Å²) in [6.45, 7) is 0.688. The first-order valence-electron chi connectivity index (χ1n) is 10.00. The van der Waals surface area contributed by atoms with Crippen molar-refractivity contribution in [3.8, 4) is 16.9 Å².